The van der Waals surface area contributed by atoms with Crippen molar-refractivity contribution in [2.45, 2.75) is 0 Å². The Bertz CT molecular complexity index is 539. The summed E-state index contributed by atoms with van der Waals surface area (Å²) >= 11 is 3.33. The number of hydrogen-bond acceptors (Lipinski definition) is 4. The first-order valence-corrected chi connectivity index (χ1v) is 6.07. The minimum absolute atomic E-state index is 0.275. The number of nitrogens with zero attached hydrogens (tertiary/aromatic N) is 2. The Morgan fingerprint density at radius 3 is 2.39 bits per heavy atom. The van der Waals surface area contributed by atoms with Gasteiger partial charge in [-0.2, -0.15) is 0 Å². The molecular weight excluding hydrogens is 296 g/mol. The van der Waals surface area contributed by atoms with E-state index in [4.69, 9.17) is 0 Å². The van der Waals surface area contributed by atoms with Crippen molar-refractivity contribution in [2.24, 2.45) is 0 Å². The molecular formula is C12H11BrN4O. The van der Waals surface area contributed by atoms with Crippen LogP contribution in [0.5, 0.6) is 0 Å². The summed E-state index contributed by atoms with van der Waals surface area (Å²) in [6, 6.07) is 10.6. The number of benzene rings is 1. The molecule has 1 heterocycles. The topological polar surface area (TPSA) is 66.9 Å². The summed E-state index contributed by atoms with van der Waals surface area (Å²) in [5.74, 6) is 0.336. The zero-order valence-electron chi connectivity index (χ0n) is 9.64. The first-order valence-electron chi connectivity index (χ1n) is 5.27. The Morgan fingerprint density at radius 2 is 1.83 bits per heavy atom. The maximum absolute atomic E-state index is 11.9. The predicted molar refractivity (Wildman–Crippen MR) is 73.7 cm³/mol. The Balaban J connectivity index is 2.09. The number of nitrogens with one attached hydrogen (secondary N) is 2. The van der Waals surface area contributed by atoms with E-state index in [2.05, 4.69) is 36.8 Å². The molecule has 0 aliphatic heterocycles. The summed E-state index contributed by atoms with van der Waals surface area (Å²) in [6.45, 7) is 0. The van der Waals surface area contributed by atoms with Crippen LogP contribution >= 0.6 is 15.9 Å². The van der Waals surface area contributed by atoms with Crippen molar-refractivity contribution in [1.29, 1.82) is 0 Å². The van der Waals surface area contributed by atoms with Crippen LogP contribution in [0.1, 0.15) is 10.5 Å². The van der Waals surface area contributed by atoms with Gasteiger partial charge >= 0.3 is 0 Å². The maximum Gasteiger partial charge on any atom is 0.276 e. The normalized spacial score (nSPS) is 9.89. The van der Waals surface area contributed by atoms with E-state index >= 15 is 0 Å². The van der Waals surface area contributed by atoms with Gasteiger partial charge < -0.3 is 10.6 Å². The summed E-state index contributed by atoms with van der Waals surface area (Å²) in [6.07, 6.45) is 0. The van der Waals surface area contributed by atoms with E-state index in [1.54, 1.807) is 31.3 Å². The quantitative estimate of drug-likeness (QED) is 0.914. The van der Waals surface area contributed by atoms with Gasteiger partial charge in [0, 0.05) is 17.2 Å². The molecule has 2 N–H and O–H groups in total. The highest BCUT2D eigenvalue weighted by Crippen LogP contribution is 2.14. The third-order valence-corrected chi connectivity index (χ3v) is 2.78. The van der Waals surface area contributed by atoms with Crippen molar-refractivity contribution in [3.8, 4) is 0 Å². The van der Waals surface area contributed by atoms with E-state index in [1.165, 1.54) is 0 Å². The number of carbonyl (C=O) groups is 1. The number of hydrogen-bond donors (Lipinski definition) is 2. The van der Waals surface area contributed by atoms with Crippen LogP contribution in [0.3, 0.4) is 0 Å². The largest absolute Gasteiger partial charge is 0.372 e. The van der Waals surface area contributed by atoms with Crippen LogP contribution in [-0.4, -0.2) is 23.2 Å². The summed E-state index contributed by atoms with van der Waals surface area (Å²) in [4.78, 5) is 11.9. The SMILES string of the molecule is CNc1ccc(C(=O)Nc2ccc(Br)cc2)nn1. The Labute approximate surface area is 113 Å². The molecule has 5 nitrogen and oxygen atoms in total. The number of anilines is 2. The molecule has 0 unspecified atom stereocenters. The average Bonchev–Trinajstić information content (AvgIpc) is 2.41. The van der Waals surface area contributed by atoms with Gasteiger partial charge in [0.05, 0.1) is 0 Å². The van der Waals surface area contributed by atoms with Gasteiger partial charge in [-0.3, -0.25) is 4.79 Å². The van der Waals surface area contributed by atoms with E-state index in [-0.39, 0.29) is 11.6 Å². The van der Waals surface area contributed by atoms with Gasteiger partial charge in [0.25, 0.3) is 5.91 Å². The standard InChI is InChI=1S/C12H11BrN4O/c1-14-11-7-6-10(16-17-11)12(18)15-9-4-2-8(13)3-5-9/h2-7H,1H3,(H,14,17)(H,15,18). The number of carbonyl (C=O) groups excluding carboxylic acids is 1. The number of amides is 1. The van der Waals surface area contributed by atoms with E-state index < -0.39 is 0 Å². The van der Waals surface area contributed by atoms with Crippen molar-refractivity contribution in [3.05, 3.63) is 46.6 Å². The summed E-state index contributed by atoms with van der Waals surface area (Å²) in [7, 11) is 1.74. The highest BCUT2D eigenvalue weighted by Gasteiger charge is 2.08. The van der Waals surface area contributed by atoms with Crippen molar-refractivity contribution in [1.82, 2.24) is 10.2 Å². The van der Waals surface area contributed by atoms with E-state index in [9.17, 15) is 4.79 Å². The fourth-order valence-electron chi connectivity index (χ4n) is 1.32. The molecule has 0 bridgehead atoms. The minimum atomic E-state index is -0.285. The van der Waals surface area contributed by atoms with Crippen LogP contribution in [0.4, 0.5) is 11.5 Å². The predicted octanol–water partition coefficient (Wildman–Crippen LogP) is 2.53. The lowest BCUT2D eigenvalue weighted by Crippen LogP contribution is -2.14. The molecule has 0 spiro atoms. The molecule has 1 aromatic carbocycles. The molecule has 0 atom stereocenters. The molecule has 0 aliphatic rings. The van der Waals surface area contributed by atoms with Gasteiger partial charge in [-0.25, -0.2) is 0 Å². The molecule has 0 radical (unpaired) electrons. The lowest BCUT2D eigenvalue weighted by atomic mass is 10.3. The van der Waals surface area contributed by atoms with Crippen LogP contribution in [0.25, 0.3) is 0 Å². The second-order valence-electron chi connectivity index (χ2n) is 3.51. The van der Waals surface area contributed by atoms with E-state index in [1.807, 2.05) is 12.1 Å². The lowest BCUT2D eigenvalue weighted by Gasteiger charge is -2.04. The van der Waals surface area contributed by atoms with Gasteiger partial charge in [-0.05, 0) is 36.4 Å². The molecule has 0 aliphatic carbocycles. The van der Waals surface area contributed by atoms with Crippen molar-refractivity contribution >= 4 is 33.3 Å². The molecule has 92 valence electrons. The zero-order chi connectivity index (χ0) is 13.0. The summed E-state index contributed by atoms with van der Waals surface area (Å²) < 4.78 is 0.957. The fraction of sp³-hybridized carbons (Fsp3) is 0.0833. The van der Waals surface area contributed by atoms with Crippen LogP contribution < -0.4 is 10.6 Å². The highest BCUT2D eigenvalue weighted by atomic mass is 79.9. The number of halogens is 1. The minimum Gasteiger partial charge on any atom is -0.372 e. The molecule has 0 saturated heterocycles. The maximum atomic E-state index is 11.9. The lowest BCUT2D eigenvalue weighted by molar-refractivity contribution is 0.102. The van der Waals surface area contributed by atoms with Gasteiger partial charge in [-0.1, -0.05) is 15.9 Å². The highest BCUT2D eigenvalue weighted by molar-refractivity contribution is 9.10. The smallest absolute Gasteiger partial charge is 0.276 e. The Hall–Kier alpha value is -1.95. The van der Waals surface area contributed by atoms with Crippen molar-refractivity contribution < 1.29 is 4.79 Å². The molecule has 2 rings (SSSR count). The Kier molecular flexibility index (Phi) is 3.88. The van der Waals surface area contributed by atoms with E-state index in [0.29, 0.717) is 11.5 Å². The molecule has 2 aromatic rings. The van der Waals surface area contributed by atoms with Crippen molar-refractivity contribution in [2.75, 3.05) is 17.7 Å². The average molecular weight is 307 g/mol. The van der Waals surface area contributed by atoms with Crippen LogP contribution in [-0.2, 0) is 0 Å². The third-order valence-electron chi connectivity index (χ3n) is 2.26. The number of rotatable bonds is 3. The molecule has 1 amide bonds. The summed E-state index contributed by atoms with van der Waals surface area (Å²) in [5, 5.41) is 13.3. The zero-order valence-corrected chi connectivity index (χ0v) is 11.2. The third kappa shape index (κ3) is 3.04. The summed E-state index contributed by atoms with van der Waals surface area (Å²) in [5.41, 5.74) is 0.986. The monoisotopic (exact) mass is 306 g/mol. The Morgan fingerprint density at radius 1 is 1.11 bits per heavy atom. The second-order valence-corrected chi connectivity index (χ2v) is 4.43. The fourth-order valence-corrected chi connectivity index (χ4v) is 1.58. The van der Waals surface area contributed by atoms with Gasteiger partial charge in [0.1, 0.15) is 5.82 Å². The van der Waals surface area contributed by atoms with Crippen LogP contribution in [0.15, 0.2) is 40.9 Å². The van der Waals surface area contributed by atoms with E-state index in [0.717, 1.165) is 4.47 Å². The second kappa shape index (κ2) is 5.59. The van der Waals surface area contributed by atoms with Crippen LogP contribution in [0, 0.1) is 0 Å². The van der Waals surface area contributed by atoms with Gasteiger partial charge in [-0.15, -0.1) is 10.2 Å². The molecule has 6 heteroatoms. The molecule has 0 saturated carbocycles. The van der Waals surface area contributed by atoms with Crippen molar-refractivity contribution in [3.63, 3.8) is 0 Å². The molecule has 1 aromatic heterocycles. The molecule has 0 fully saturated rings. The van der Waals surface area contributed by atoms with Crippen LogP contribution in [0.2, 0.25) is 0 Å². The first kappa shape index (κ1) is 12.5. The number of aromatic nitrogens is 2. The molecule has 18 heavy (non-hydrogen) atoms. The van der Waals surface area contributed by atoms with Gasteiger partial charge in [0.2, 0.25) is 0 Å². The first-order chi connectivity index (χ1) is 8.69. The van der Waals surface area contributed by atoms with Gasteiger partial charge in [0.15, 0.2) is 5.69 Å².